The number of guanidine groups is 1. The number of nitro groups is 1. The molecule has 1 aromatic rings. The Hall–Kier alpha value is -2.19. The van der Waals surface area contributed by atoms with Crippen molar-refractivity contribution in [2.75, 3.05) is 59.5 Å². The van der Waals surface area contributed by atoms with E-state index >= 15 is 0 Å². The molecule has 0 bridgehead atoms. The van der Waals surface area contributed by atoms with Crippen LogP contribution >= 0.6 is 0 Å². The average molecular weight is 404 g/mol. The Bertz CT molecular complexity index is 673. The number of rotatable bonds is 8. The van der Waals surface area contributed by atoms with E-state index in [1.54, 1.807) is 12.1 Å². The number of ether oxygens (including phenoxy) is 1. The molecular formula is C21H33N5O3. The van der Waals surface area contributed by atoms with E-state index in [4.69, 9.17) is 4.74 Å². The van der Waals surface area contributed by atoms with Gasteiger partial charge in [-0.25, -0.2) is 0 Å². The number of hydrogen-bond donors (Lipinski definition) is 1. The van der Waals surface area contributed by atoms with E-state index in [0.29, 0.717) is 5.92 Å². The van der Waals surface area contributed by atoms with Gasteiger partial charge in [-0.3, -0.25) is 20.0 Å². The van der Waals surface area contributed by atoms with Crippen LogP contribution in [0.25, 0.3) is 0 Å². The highest BCUT2D eigenvalue weighted by molar-refractivity contribution is 5.80. The quantitative estimate of drug-likeness (QED) is 0.235. The molecule has 8 heteroatoms. The minimum absolute atomic E-state index is 0.150. The van der Waals surface area contributed by atoms with Gasteiger partial charge in [0, 0.05) is 58.4 Å². The Morgan fingerprint density at radius 3 is 2.69 bits per heavy atom. The summed E-state index contributed by atoms with van der Waals surface area (Å²) in [4.78, 5) is 19.7. The zero-order valence-electron chi connectivity index (χ0n) is 17.4. The minimum atomic E-state index is -0.358. The molecule has 160 valence electrons. The van der Waals surface area contributed by atoms with Crippen molar-refractivity contribution in [1.82, 2.24) is 15.1 Å². The third-order valence-electron chi connectivity index (χ3n) is 5.74. The normalized spacial score (nSPS) is 20.8. The zero-order valence-corrected chi connectivity index (χ0v) is 17.4. The van der Waals surface area contributed by atoms with Gasteiger partial charge in [-0.2, -0.15) is 0 Å². The predicted molar refractivity (Wildman–Crippen MR) is 114 cm³/mol. The lowest BCUT2D eigenvalue weighted by molar-refractivity contribution is -0.384. The first-order valence-corrected chi connectivity index (χ1v) is 10.6. The van der Waals surface area contributed by atoms with Crippen LogP contribution in [0.4, 0.5) is 5.69 Å². The van der Waals surface area contributed by atoms with Gasteiger partial charge in [0.15, 0.2) is 5.96 Å². The third kappa shape index (κ3) is 6.68. The highest BCUT2D eigenvalue weighted by atomic mass is 16.6. The average Bonchev–Trinajstić information content (AvgIpc) is 3.20. The van der Waals surface area contributed by atoms with Crippen molar-refractivity contribution >= 4 is 11.6 Å². The summed E-state index contributed by atoms with van der Waals surface area (Å²) in [5.74, 6) is 1.71. The summed E-state index contributed by atoms with van der Waals surface area (Å²) in [6.45, 7) is 8.02. The fourth-order valence-corrected chi connectivity index (χ4v) is 4.09. The van der Waals surface area contributed by atoms with Crippen molar-refractivity contribution in [2.45, 2.75) is 25.7 Å². The Morgan fingerprint density at radius 2 is 2.00 bits per heavy atom. The van der Waals surface area contributed by atoms with E-state index in [1.165, 1.54) is 6.42 Å². The van der Waals surface area contributed by atoms with E-state index < -0.39 is 0 Å². The number of non-ortho nitro benzene ring substituents is 1. The van der Waals surface area contributed by atoms with E-state index in [1.807, 2.05) is 19.2 Å². The summed E-state index contributed by atoms with van der Waals surface area (Å²) in [7, 11) is 1.86. The number of benzene rings is 1. The highest BCUT2D eigenvalue weighted by Gasteiger charge is 2.26. The fraction of sp³-hybridized carbons (Fsp3) is 0.667. The number of hydrogen-bond acceptors (Lipinski definition) is 5. The molecule has 2 aliphatic heterocycles. The molecule has 0 aromatic heterocycles. The molecule has 1 unspecified atom stereocenters. The fourth-order valence-electron chi connectivity index (χ4n) is 4.09. The molecule has 29 heavy (non-hydrogen) atoms. The molecule has 2 fully saturated rings. The van der Waals surface area contributed by atoms with Gasteiger partial charge in [-0.1, -0.05) is 12.1 Å². The topological polar surface area (TPSA) is 83.2 Å². The van der Waals surface area contributed by atoms with Crippen molar-refractivity contribution in [3.05, 3.63) is 39.9 Å². The monoisotopic (exact) mass is 403 g/mol. The number of nitrogens with zero attached hydrogens (tertiary/aromatic N) is 4. The van der Waals surface area contributed by atoms with E-state index in [2.05, 4.69) is 20.1 Å². The van der Waals surface area contributed by atoms with Gasteiger partial charge in [0.25, 0.3) is 5.69 Å². The first-order chi connectivity index (χ1) is 14.2. The predicted octanol–water partition coefficient (Wildman–Crippen LogP) is 2.15. The molecule has 2 aliphatic rings. The van der Waals surface area contributed by atoms with Crippen molar-refractivity contribution in [1.29, 1.82) is 0 Å². The molecule has 0 radical (unpaired) electrons. The van der Waals surface area contributed by atoms with Crippen molar-refractivity contribution < 1.29 is 9.66 Å². The summed E-state index contributed by atoms with van der Waals surface area (Å²) < 4.78 is 5.44. The molecule has 3 rings (SSSR count). The van der Waals surface area contributed by atoms with Crippen LogP contribution in [-0.4, -0.2) is 80.2 Å². The number of nitro benzene ring substituents is 1. The van der Waals surface area contributed by atoms with Crippen LogP contribution in [0, 0.1) is 16.0 Å². The summed E-state index contributed by atoms with van der Waals surface area (Å²) in [5, 5.41) is 14.2. The van der Waals surface area contributed by atoms with Crippen LogP contribution in [0.1, 0.15) is 24.8 Å². The van der Waals surface area contributed by atoms with Crippen LogP contribution in [0.3, 0.4) is 0 Å². The maximum absolute atomic E-state index is 10.7. The second-order valence-electron chi connectivity index (χ2n) is 7.87. The zero-order chi connectivity index (χ0) is 20.5. The van der Waals surface area contributed by atoms with Crippen molar-refractivity contribution in [3.8, 4) is 0 Å². The Labute approximate surface area is 173 Å². The van der Waals surface area contributed by atoms with Crippen LogP contribution in [0.15, 0.2) is 29.3 Å². The smallest absolute Gasteiger partial charge is 0.269 e. The second kappa shape index (κ2) is 11.1. The molecule has 2 saturated heterocycles. The van der Waals surface area contributed by atoms with Gasteiger partial charge in [-0.15, -0.1) is 0 Å². The van der Waals surface area contributed by atoms with E-state index in [0.717, 1.165) is 83.3 Å². The molecule has 2 heterocycles. The van der Waals surface area contributed by atoms with Crippen LogP contribution < -0.4 is 5.32 Å². The van der Waals surface area contributed by atoms with Crippen LogP contribution in [0.5, 0.6) is 0 Å². The summed E-state index contributed by atoms with van der Waals surface area (Å²) in [6, 6.07) is 6.86. The Kier molecular flexibility index (Phi) is 8.25. The van der Waals surface area contributed by atoms with Gasteiger partial charge in [0.2, 0.25) is 0 Å². The lowest BCUT2D eigenvalue weighted by atomic mass is 10.1. The first-order valence-electron chi connectivity index (χ1n) is 10.6. The lowest BCUT2D eigenvalue weighted by Crippen LogP contribution is -2.42. The molecular weight excluding hydrogens is 370 g/mol. The number of likely N-dealkylation sites (tertiary alicyclic amines) is 1. The number of aliphatic imine (C=N–C) groups is 1. The largest absolute Gasteiger partial charge is 0.379 e. The van der Waals surface area contributed by atoms with Crippen LogP contribution in [0.2, 0.25) is 0 Å². The molecule has 0 saturated carbocycles. The number of unbranched alkanes of at least 4 members (excludes halogenated alkanes) is 1. The molecule has 8 nitrogen and oxygen atoms in total. The third-order valence-corrected chi connectivity index (χ3v) is 5.74. The van der Waals surface area contributed by atoms with E-state index in [9.17, 15) is 10.1 Å². The highest BCUT2D eigenvalue weighted by Crippen LogP contribution is 2.18. The molecule has 0 aliphatic carbocycles. The Morgan fingerprint density at radius 1 is 1.24 bits per heavy atom. The lowest BCUT2D eigenvalue weighted by Gasteiger charge is -2.29. The maximum atomic E-state index is 10.7. The minimum Gasteiger partial charge on any atom is -0.379 e. The SMILES string of the molecule is CN=C(NCCCCc1ccc([N+](=O)[O-])cc1)N1CCC(CN2CCOCC2)C1. The van der Waals surface area contributed by atoms with Gasteiger partial charge >= 0.3 is 0 Å². The summed E-state index contributed by atoms with van der Waals surface area (Å²) >= 11 is 0. The number of morpholine rings is 1. The van der Waals surface area contributed by atoms with Gasteiger partial charge in [-0.05, 0) is 37.2 Å². The first kappa shape index (κ1) is 21.5. The van der Waals surface area contributed by atoms with Crippen molar-refractivity contribution in [2.24, 2.45) is 10.9 Å². The van der Waals surface area contributed by atoms with E-state index in [-0.39, 0.29) is 10.6 Å². The summed E-state index contributed by atoms with van der Waals surface area (Å²) in [6.07, 6.45) is 4.24. The standard InChI is InChI=1S/C21H33N5O3/c1-22-21(25-11-9-19(17-25)16-24-12-14-29-15-13-24)23-10-3-2-4-18-5-7-20(8-6-18)26(27)28/h5-8,19H,2-4,9-17H2,1H3,(H,22,23). The van der Waals surface area contributed by atoms with Crippen molar-refractivity contribution in [3.63, 3.8) is 0 Å². The Balaban J connectivity index is 1.32. The molecule has 1 N–H and O–H groups in total. The van der Waals surface area contributed by atoms with Crippen LogP contribution in [-0.2, 0) is 11.2 Å². The maximum Gasteiger partial charge on any atom is 0.269 e. The number of aryl methyl sites for hydroxylation is 1. The van der Waals surface area contributed by atoms with Gasteiger partial charge in [0.1, 0.15) is 0 Å². The second-order valence-corrected chi connectivity index (χ2v) is 7.87. The molecule has 0 spiro atoms. The van der Waals surface area contributed by atoms with Gasteiger partial charge < -0.3 is 15.0 Å². The summed E-state index contributed by atoms with van der Waals surface area (Å²) in [5.41, 5.74) is 1.29. The van der Waals surface area contributed by atoms with Gasteiger partial charge in [0.05, 0.1) is 18.1 Å². The molecule has 1 aromatic carbocycles. The number of nitrogens with one attached hydrogen (secondary N) is 1. The molecule has 0 amide bonds. The molecule has 1 atom stereocenters.